The summed E-state index contributed by atoms with van der Waals surface area (Å²) in [6, 6.07) is 13.5. The molecule has 0 saturated heterocycles. The highest BCUT2D eigenvalue weighted by Gasteiger charge is 2.40. The molecule has 1 heterocycles. The molecule has 4 rings (SSSR count). The summed E-state index contributed by atoms with van der Waals surface area (Å²) in [6.07, 6.45) is 1.59. The summed E-state index contributed by atoms with van der Waals surface area (Å²) in [7, 11) is 3.24. The molecule has 24 heavy (non-hydrogen) atoms. The fourth-order valence-electron chi connectivity index (χ4n) is 3.41. The molecule has 5 nitrogen and oxygen atoms in total. The van der Waals surface area contributed by atoms with E-state index >= 15 is 0 Å². The molecule has 1 aliphatic heterocycles. The number of carbonyl (C=O) groups excluding carboxylic acids is 1. The lowest BCUT2D eigenvalue weighted by molar-refractivity contribution is -0.119. The van der Waals surface area contributed by atoms with Gasteiger partial charge in [-0.1, -0.05) is 18.2 Å². The van der Waals surface area contributed by atoms with Crippen molar-refractivity contribution in [1.29, 1.82) is 0 Å². The zero-order chi connectivity index (χ0) is 16.7. The summed E-state index contributed by atoms with van der Waals surface area (Å²) in [5, 5.41) is 6.16. The van der Waals surface area contributed by atoms with Crippen LogP contribution in [0.2, 0.25) is 0 Å². The summed E-state index contributed by atoms with van der Waals surface area (Å²) in [4.78, 5) is 12.8. The molecule has 0 fully saturated rings. The number of hydrogen-bond donors (Lipinski definition) is 0. The van der Waals surface area contributed by atoms with Crippen LogP contribution in [-0.4, -0.2) is 25.8 Å². The quantitative estimate of drug-likeness (QED) is 0.873. The molecule has 0 bridgehead atoms. The van der Waals surface area contributed by atoms with Gasteiger partial charge in [0, 0.05) is 5.56 Å². The third kappa shape index (κ3) is 2.16. The zero-order valence-electron chi connectivity index (χ0n) is 13.7. The van der Waals surface area contributed by atoms with E-state index in [1.54, 1.807) is 14.2 Å². The van der Waals surface area contributed by atoms with Crippen molar-refractivity contribution in [3.8, 4) is 11.5 Å². The number of benzene rings is 2. The number of nitrogens with zero attached hydrogens (tertiary/aromatic N) is 2. The number of aryl methyl sites for hydroxylation is 1. The average Bonchev–Trinajstić information content (AvgIpc) is 2.98. The molecule has 2 aromatic carbocycles. The topological polar surface area (TPSA) is 51.1 Å². The molecule has 1 atom stereocenters. The number of amides is 1. The van der Waals surface area contributed by atoms with Crippen LogP contribution < -0.4 is 14.5 Å². The number of anilines is 1. The molecule has 2 aliphatic rings. The van der Waals surface area contributed by atoms with Crippen molar-refractivity contribution in [3.63, 3.8) is 0 Å². The smallest absolute Gasteiger partial charge is 0.256 e. The third-order valence-corrected chi connectivity index (χ3v) is 4.63. The first-order valence-electron chi connectivity index (χ1n) is 7.95. The van der Waals surface area contributed by atoms with E-state index in [9.17, 15) is 4.79 Å². The Balaban J connectivity index is 1.81. The number of fused-ring (bicyclic) bond motifs is 3. The Morgan fingerprint density at radius 2 is 1.79 bits per heavy atom. The Bertz CT molecular complexity index is 830. The van der Waals surface area contributed by atoms with Crippen LogP contribution in [0, 0.1) is 5.92 Å². The highest BCUT2D eigenvalue weighted by Crippen LogP contribution is 2.39. The van der Waals surface area contributed by atoms with Crippen LogP contribution in [-0.2, 0) is 11.2 Å². The van der Waals surface area contributed by atoms with Gasteiger partial charge in [-0.2, -0.15) is 10.1 Å². The maximum atomic E-state index is 12.8. The molecule has 122 valence electrons. The van der Waals surface area contributed by atoms with Crippen LogP contribution >= 0.6 is 0 Å². The van der Waals surface area contributed by atoms with Crippen molar-refractivity contribution in [2.45, 2.75) is 12.8 Å². The minimum absolute atomic E-state index is 0.0386. The monoisotopic (exact) mass is 322 g/mol. The van der Waals surface area contributed by atoms with Crippen molar-refractivity contribution in [1.82, 2.24) is 0 Å². The van der Waals surface area contributed by atoms with Crippen LogP contribution in [0.25, 0.3) is 0 Å². The lowest BCUT2D eigenvalue weighted by atomic mass is 9.82. The zero-order valence-corrected chi connectivity index (χ0v) is 13.7. The first-order chi connectivity index (χ1) is 11.7. The Kier molecular flexibility index (Phi) is 3.49. The van der Waals surface area contributed by atoms with Crippen molar-refractivity contribution in [3.05, 3.63) is 53.6 Å². The van der Waals surface area contributed by atoms with Crippen molar-refractivity contribution in [2.24, 2.45) is 11.0 Å². The van der Waals surface area contributed by atoms with Gasteiger partial charge in [0.05, 0.1) is 31.5 Å². The number of hydrazone groups is 1. The lowest BCUT2D eigenvalue weighted by Gasteiger charge is -2.22. The van der Waals surface area contributed by atoms with Gasteiger partial charge in [0.25, 0.3) is 5.91 Å². The Hall–Kier alpha value is -2.82. The number of para-hydroxylation sites is 1. The molecule has 0 saturated carbocycles. The summed E-state index contributed by atoms with van der Waals surface area (Å²) >= 11 is 0. The molecule has 1 unspecified atom stereocenters. The molecule has 0 spiro atoms. The molecule has 0 radical (unpaired) electrons. The Morgan fingerprint density at radius 3 is 2.50 bits per heavy atom. The van der Waals surface area contributed by atoms with Gasteiger partial charge < -0.3 is 9.47 Å². The number of rotatable bonds is 3. The Labute approximate surface area is 140 Å². The molecule has 2 aromatic rings. The van der Waals surface area contributed by atoms with Crippen LogP contribution in [0.5, 0.6) is 11.5 Å². The van der Waals surface area contributed by atoms with E-state index in [0.717, 1.165) is 35.4 Å². The van der Waals surface area contributed by atoms with Gasteiger partial charge in [-0.25, -0.2) is 0 Å². The number of hydrogen-bond acceptors (Lipinski definition) is 4. The molecule has 5 heteroatoms. The fourth-order valence-corrected chi connectivity index (χ4v) is 3.41. The Morgan fingerprint density at radius 1 is 1.08 bits per heavy atom. The van der Waals surface area contributed by atoms with E-state index in [1.807, 2.05) is 42.5 Å². The molecule has 1 amide bonds. The van der Waals surface area contributed by atoms with Crippen LogP contribution in [0.15, 0.2) is 47.6 Å². The van der Waals surface area contributed by atoms with E-state index < -0.39 is 0 Å². The van der Waals surface area contributed by atoms with Crippen molar-refractivity contribution >= 4 is 17.3 Å². The minimum atomic E-state index is -0.184. The summed E-state index contributed by atoms with van der Waals surface area (Å²) < 4.78 is 10.8. The fraction of sp³-hybridized carbons (Fsp3) is 0.263. The summed E-state index contributed by atoms with van der Waals surface area (Å²) in [5.74, 6) is 1.22. The first kappa shape index (κ1) is 14.8. The van der Waals surface area contributed by atoms with Gasteiger partial charge >= 0.3 is 0 Å². The van der Waals surface area contributed by atoms with E-state index in [-0.39, 0.29) is 11.8 Å². The molecular formula is C19H18N2O3. The van der Waals surface area contributed by atoms with Crippen LogP contribution in [0.4, 0.5) is 5.69 Å². The second kappa shape index (κ2) is 5.67. The van der Waals surface area contributed by atoms with Crippen molar-refractivity contribution < 1.29 is 14.3 Å². The second-order valence-corrected chi connectivity index (χ2v) is 5.93. The molecule has 0 aromatic heterocycles. The molecular weight excluding hydrogens is 304 g/mol. The largest absolute Gasteiger partial charge is 0.493 e. The standard InChI is InChI=1S/C19H18N2O3/c1-23-16-10-12-8-9-14-18(15(12)11-17(16)24-2)20-21(19(14)22)13-6-4-3-5-7-13/h3-7,10-11,14H,8-9H2,1-2H3. The molecule has 1 aliphatic carbocycles. The minimum Gasteiger partial charge on any atom is -0.493 e. The first-order valence-corrected chi connectivity index (χ1v) is 7.95. The van der Waals surface area contributed by atoms with Gasteiger partial charge in [0.2, 0.25) is 0 Å². The van der Waals surface area contributed by atoms with Crippen LogP contribution in [0.1, 0.15) is 17.5 Å². The normalized spacial score (nSPS) is 18.8. The maximum Gasteiger partial charge on any atom is 0.256 e. The van der Waals surface area contributed by atoms with Crippen LogP contribution in [0.3, 0.4) is 0 Å². The van der Waals surface area contributed by atoms with E-state index in [1.165, 1.54) is 5.01 Å². The van der Waals surface area contributed by atoms with Gasteiger partial charge in [-0.05, 0) is 42.7 Å². The summed E-state index contributed by atoms with van der Waals surface area (Å²) in [5.41, 5.74) is 3.75. The highest BCUT2D eigenvalue weighted by atomic mass is 16.5. The SMILES string of the molecule is COc1cc2c(cc1OC)C1=NN(c3ccccc3)C(=O)C1CC2. The predicted octanol–water partition coefficient (Wildman–Crippen LogP) is 3.02. The number of ether oxygens (including phenoxy) is 2. The van der Waals surface area contributed by atoms with Gasteiger partial charge in [0.1, 0.15) is 0 Å². The lowest BCUT2D eigenvalue weighted by Crippen LogP contribution is -2.30. The highest BCUT2D eigenvalue weighted by molar-refractivity contribution is 6.22. The number of methoxy groups -OCH3 is 2. The van der Waals surface area contributed by atoms with E-state index in [4.69, 9.17) is 9.47 Å². The van der Waals surface area contributed by atoms with Crippen molar-refractivity contribution in [2.75, 3.05) is 19.2 Å². The second-order valence-electron chi connectivity index (χ2n) is 5.93. The van der Waals surface area contributed by atoms with Gasteiger partial charge in [-0.15, -0.1) is 0 Å². The van der Waals surface area contributed by atoms with Gasteiger partial charge in [0.15, 0.2) is 11.5 Å². The number of carbonyl (C=O) groups is 1. The van der Waals surface area contributed by atoms with E-state index in [0.29, 0.717) is 11.5 Å². The van der Waals surface area contributed by atoms with E-state index in [2.05, 4.69) is 5.10 Å². The van der Waals surface area contributed by atoms with Gasteiger partial charge in [-0.3, -0.25) is 4.79 Å². The molecule has 0 N–H and O–H groups in total. The predicted molar refractivity (Wildman–Crippen MR) is 91.8 cm³/mol. The summed E-state index contributed by atoms with van der Waals surface area (Å²) in [6.45, 7) is 0. The average molecular weight is 322 g/mol. The third-order valence-electron chi connectivity index (χ3n) is 4.63. The maximum absolute atomic E-state index is 12.8.